The van der Waals surface area contributed by atoms with Crippen LogP contribution in [0.15, 0.2) is 59.2 Å². The molecule has 30 heavy (non-hydrogen) atoms. The Balaban J connectivity index is 1.62. The molecule has 0 spiro atoms. The van der Waals surface area contributed by atoms with Crippen LogP contribution in [0.4, 0.5) is 17.1 Å². The van der Waals surface area contributed by atoms with Gasteiger partial charge in [0.25, 0.3) is 17.5 Å². The number of halogens is 1. The van der Waals surface area contributed by atoms with Gasteiger partial charge in [-0.2, -0.15) is 0 Å². The molecule has 3 aromatic rings. The molecule has 0 aliphatic carbocycles. The van der Waals surface area contributed by atoms with Gasteiger partial charge in [-0.1, -0.05) is 17.7 Å². The van der Waals surface area contributed by atoms with Gasteiger partial charge < -0.3 is 14.6 Å². The number of aryl methyl sites for hydroxylation is 1. The normalized spacial score (nSPS) is 12.9. The van der Waals surface area contributed by atoms with Gasteiger partial charge in [0, 0.05) is 30.1 Å². The molecule has 1 N–H and O–H groups in total. The van der Waals surface area contributed by atoms with Crippen molar-refractivity contribution in [3.05, 3.63) is 86.8 Å². The second-order valence-electron chi connectivity index (χ2n) is 6.76. The molecule has 4 rings (SSSR count). The van der Waals surface area contributed by atoms with Crippen LogP contribution in [0.25, 0.3) is 0 Å². The summed E-state index contributed by atoms with van der Waals surface area (Å²) in [6, 6.07) is 12.2. The van der Waals surface area contributed by atoms with Crippen molar-refractivity contribution in [1.29, 1.82) is 0 Å². The lowest BCUT2D eigenvalue weighted by atomic mass is 10.0. The van der Waals surface area contributed by atoms with Crippen LogP contribution in [-0.4, -0.2) is 23.3 Å². The first kappa shape index (κ1) is 19.7. The van der Waals surface area contributed by atoms with Gasteiger partial charge in [0.1, 0.15) is 0 Å². The molecule has 0 fully saturated rings. The van der Waals surface area contributed by atoms with Crippen molar-refractivity contribution in [2.45, 2.75) is 12.8 Å². The highest BCUT2D eigenvalue weighted by Gasteiger charge is 2.26. The number of nitro benzene ring substituents is 1. The number of rotatable bonds is 4. The molecule has 0 saturated carbocycles. The number of hydrogen-bond donors (Lipinski definition) is 1. The van der Waals surface area contributed by atoms with Gasteiger partial charge >= 0.3 is 0 Å². The van der Waals surface area contributed by atoms with Crippen molar-refractivity contribution in [3.63, 3.8) is 0 Å². The fraction of sp³-hybridized carbons (Fsp3) is 0.143. The number of anilines is 2. The van der Waals surface area contributed by atoms with Crippen LogP contribution in [0.2, 0.25) is 5.02 Å². The van der Waals surface area contributed by atoms with Crippen LogP contribution < -0.4 is 10.2 Å². The van der Waals surface area contributed by atoms with Gasteiger partial charge in [0.2, 0.25) is 0 Å². The summed E-state index contributed by atoms with van der Waals surface area (Å²) in [5.41, 5.74) is 1.87. The average Bonchev–Trinajstić information content (AvgIpc) is 3.27. The van der Waals surface area contributed by atoms with E-state index in [9.17, 15) is 19.7 Å². The summed E-state index contributed by atoms with van der Waals surface area (Å²) < 4.78 is 5.23. The van der Waals surface area contributed by atoms with Crippen molar-refractivity contribution >= 4 is 40.5 Å². The molecule has 1 aliphatic rings. The third-order valence-electron chi connectivity index (χ3n) is 4.84. The van der Waals surface area contributed by atoms with Crippen molar-refractivity contribution in [2.24, 2.45) is 0 Å². The predicted molar refractivity (Wildman–Crippen MR) is 111 cm³/mol. The van der Waals surface area contributed by atoms with Crippen molar-refractivity contribution < 1.29 is 18.9 Å². The van der Waals surface area contributed by atoms with Crippen LogP contribution in [-0.2, 0) is 6.42 Å². The molecule has 0 bridgehead atoms. The Morgan fingerprint density at radius 2 is 2.00 bits per heavy atom. The zero-order valence-corrected chi connectivity index (χ0v) is 16.4. The zero-order valence-electron chi connectivity index (χ0n) is 15.6. The minimum Gasteiger partial charge on any atom is -0.459 e. The van der Waals surface area contributed by atoms with Crippen molar-refractivity contribution in [1.82, 2.24) is 0 Å². The summed E-state index contributed by atoms with van der Waals surface area (Å²) in [5.74, 6) is -0.602. The Morgan fingerprint density at radius 3 is 2.73 bits per heavy atom. The number of carbonyl (C=O) groups is 2. The highest BCUT2D eigenvalue weighted by molar-refractivity contribution is 6.34. The lowest BCUT2D eigenvalue weighted by Crippen LogP contribution is -2.35. The monoisotopic (exact) mass is 425 g/mol. The summed E-state index contributed by atoms with van der Waals surface area (Å²) >= 11 is 6.05. The van der Waals surface area contributed by atoms with Gasteiger partial charge in [-0.15, -0.1) is 0 Å². The number of nitro groups is 1. The lowest BCUT2D eigenvalue weighted by Gasteiger charge is -2.29. The lowest BCUT2D eigenvalue weighted by molar-refractivity contribution is -0.384. The molecule has 9 heteroatoms. The van der Waals surface area contributed by atoms with Gasteiger partial charge in [-0.3, -0.25) is 19.7 Å². The summed E-state index contributed by atoms with van der Waals surface area (Å²) in [6.45, 7) is 0.528. The standard InChI is InChI=1S/C21H16ClN3O5/c22-17-8-7-15(25(28)29)12-16(17)20(26)23-14-6-5-13-3-1-9-24(18(13)11-14)21(27)19-4-2-10-30-19/h2,4-8,10-12H,1,3,9H2,(H,23,26). The number of nitrogens with one attached hydrogen (secondary N) is 1. The second kappa shape index (κ2) is 8.00. The smallest absolute Gasteiger partial charge is 0.293 e. The molecule has 0 radical (unpaired) electrons. The maximum Gasteiger partial charge on any atom is 0.293 e. The molecule has 152 valence electrons. The molecule has 0 atom stereocenters. The van der Waals surface area contributed by atoms with Crippen molar-refractivity contribution in [2.75, 3.05) is 16.8 Å². The molecule has 8 nitrogen and oxygen atoms in total. The van der Waals surface area contributed by atoms with Gasteiger partial charge in [0.05, 0.1) is 21.8 Å². The molecule has 2 heterocycles. The van der Waals surface area contributed by atoms with E-state index < -0.39 is 10.8 Å². The number of amides is 2. The molecule has 2 amide bonds. The first-order valence-electron chi connectivity index (χ1n) is 9.17. The highest BCUT2D eigenvalue weighted by Crippen LogP contribution is 2.32. The van der Waals surface area contributed by atoms with Crippen molar-refractivity contribution in [3.8, 4) is 0 Å². The van der Waals surface area contributed by atoms with Gasteiger partial charge in [-0.05, 0) is 48.7 Å². The molecular weight excluding hydrogens is 410 g/mol. The molecule has 2 aromatic carbocycles. The van der Waals surface area contributed by atoms with E-state index in [1.165, 1.54) is 18.4 Å². The SMILES string of the molecule is O=C(Nc1ccc2c(c1)N(C(=O)c1ccco1)CCC2)c1cc([N+](=O)[O-])ccc1Cl. The van der Waals surface area contributed by atoms with E-state index in [4.69, 9.17) is 16.0 Å². The third-order valence-corrected chi connectivity index (χ3v) is 5.17. The first-order chi connectivity index (χ1) is 14.4. The van der Waals surface area contributed by atoms with E-state index in [-0.39, 0.29) is 27.9 Å². The minimum absolute atomic E-state index is 0.00731. The van der Waals surface area contributed by atoms with Crippen LogP contribution in [0.3, 0.4) is 0 Å². The third kappa shape index (κ3) is 3.77. The number of non-ortho nitro benzene ring substituents is 1. The van der Waals surface area contributed by atoms with E-state index in [0.29, 0.717) is 17.9 Å². The van der Waals surface area contributed by atoms with E-state index in [2.05, 4.69) is 5.32 Å². The van der Waals surface area contributed by atoms with Gasteiger partial charge in [-0.25, -0.2) is 0 Å². The second-order valence-corrected chi connectivity index (χ2v) is 7.16. The fourth-order valence-corrected chi connectivity index (χ4v) is 3.60. The number of carbonyl (C=O) groups excluding carboxylic acids is 2. The van der Waals surface area contributed by atoms with E-state index in [1.54, 1.807) is 29.2 Å². The summed E-state index contributed by atoms with van der Waals surface area (Å²) in [4.78, 5) is 37.5. The van der Waals surface area contributed by atoms with Crippen LogP contribution in [0.5, 0.6) is 0 Å². The van der Waals surface area contributed by atoms with Crippen LogP contribution in [0, 0.1) is 10.1 Å². The summed E-state index contributed by atoms with van der Waals surface area (Å²) in [7, 11) is 0. The quantitative estimate of drug-likeness (QED) is 0.482. The Labute approximate surface area is 176 Å². The number of furan rings is 1. The Hall–Kier alpha value is -3.65. The molecule has 0 saturated heterocycles. The Bertz CT molecular complexity index is 1140. The average molecular weight is 426 g/mol. The Morgan fingerprint density at radius 1 is 1.17 bits per heavy atom. The Kier molecular flexibility index (Phi) is 5.24. The predicted octanol–water partition coefficient (Wildman–Crippen LogP) is 4.69. The maximum absolute atomic E-state index is 12.8. The van der Waals surface area contributed by atoms with E-state index >= 15 is 0 Å². The summed E-state index contributed by atoms with van der Waals surface area (Å²) in [6.07, 6.45) is 3.06. The molecule has 1 aliphatic heterocycles. The van der Waals surface area contributed by atoms with Gasteiger partial charge in [0.15, 0.2) is 5.76 Å². The highest BCUT2D eigenvalue weighted by atomic mass is 35.5. The first-order valence-corrected chi connectivity index (χ1v) is 9.55. The number of nitrogens with zero attached hydrogens (tertiary/aromatic N) is 2. The molecule has 1 aromatic heterocycles. The number of hydrogen-bond acceptors (Lipinski definition) is 5. The largest absolute Gasteiger partial charge is 0.459 e. The minimum atomic E-state index is -0.593. The summed E-state index contributed by atoms with van der Waals surface area (Å²) in [5, 5.41) is 13.8. The number of benzene rings is 2. The van der Waals surface area contributed by atoms with E-state index in [1.807, 2.05) is 6.07 Å². The topological polar surface area (TPSA) is 106 Å². The molecular formula is C21H16ClN3O5. The van der Waals surface area contributed by atoms with Crippen LogP contribution in [0.1, 0.15) is 32.9 Å². The maximum atomic E-state index is 12.8. The zero-order chi connectivity index (χ0) is 21.3. The van der Waals surface area contributed by atoms with Crippen LogP contribution >= 0.6 is 11.6 Å². The fourth-order valence-electron chi connectivity index (χ4n) is 3.40. The molecule has 0 unspecified atom stereocenters. The van der Waals surface area contributed by atoms with E-state index in [0.717, 1.165) is 24.5 Å². The number of fused-ring (bicyclic) bond motifs is 1.